The second-order valence-electron chi connectivity index (χ2n) is 6.49. The fourth-order valence-corrected chi connectivity index (χ4v) is 3.27. The second kappa shape index (κ2) is 9.04. The van der Waals surface area contributed by atoms with Gasteiger partial charge in [0.25, 0.3) is 0 Å². The minimum absolute atomic E-state index is 0.140. The van der Waals surface area contributed by atoms with E-state index in [1.165, 1.54) is 0 Å². The Balaban J connectivity index is 1.71. The van der Waals surface area contributed by atoms with Gasteiger partial charge in [0.05, 0.1) is 18.7 Å². The van der Waals surface area contributed by atoms with Gasteiger partial charge in [-0.25, -0.2) is 0 Å². The number of para-hydroxylation sites is 1. The van der Waals surface area contributed by atoms with Crippen LogP contribution in [0, 0.1) is 0 Å². The van der Waals surface area contributed by atoms with E-state index < -0.39 is 0 Å². The maximum absolute atomic E-state index is 11.9. The van der Waals surface area contributed by atoms with Crippen LogP contribution in [0.5, 0.6) is 5.75 Å². The molecule has 1 unspecified atom stereocenters. The summed E-state index contributed by atoms with van der Waals surface area (Å²) < 4.78 is 11.6. The van der Waals surface area contributed by atoms with E-state index in [9.17, 15) is 4.79 Å². The molecule has 1 fully saturated rings. The monoisotopic (exact) mass is 320 g/mol. The van der Waals surface area contributed by atoms with Crippen molar-refractivity contribution in [3.63, 3.8) is 0 Å². The average molecular weight is 320 g/mol. The number of nitrogens with one attached hydrogen (secondary N) is 1. The van der Waals surface area contributed by atoms with Gasteiger partial charge in [0, 0.05) is 6.42 Å². The van der Waals surface area contributed by atoms with Gasteiger partial charge in [-0.1, -0.05) is 19.1 Å². The van der Waals surface area contributed by atoms with Crippen LogP contribution in [-0.4, -0.2) is 44.2 Å². The highest BCUT2D eigenvalue weighted by molar-refractivity contribution is 5.98. The van der Waals surface area contributed by atoms with E-state index >= 15 is 0 Å². The maximum atomic E-state index is 11.9. The van der Waals surface area contributed by atoms with Crippen LogP contribution in [0.2, 0.25) is 0 Å². The largest absolute Gasteiger partial charge is 0.493 e. The molecular formula is C19H30NO3+. The van der Waals surface area contributed by atoms with Gasteiger partial charge in [-0.05, 0) is 38.8 Å². The lowest BCUT2D eigenvalue weighted by atomic mass is 10.1. The first-order valence-electron chi connectivity index (χ1n) is 8.84. The molecule has 0 spiro atoms. The Morgan fingerprint density at radius 2 is 1.91 bits per heavy atom. The Morgan fingerprint density at radius 1 is 1.22 bits per heavy atom. The smallest absolute Gasteiger partial charge is 0.166 e. The fourth-order valence-electron chi connectivity index (χ4n) is 3.27. The number of carbonyl (C=O) groups excluding carboxylic acids is 1. The van der Waals surface area contributed by atoms with E-state index in [-0.39, 0.29) is 5.78 Å². The summed E-state index contributed by atoms with van der Waals surface area (Å²) in [5, 5.41) is 0. The number of rotatable bonds is 8. The predicted molar refractivity (Wildman–Crippen MR) is 91.4 cm³/mol. The number of quaternary nitrogens is 1. The SMILES string of the molecule is CCC(=O)c1ccccc1OCCCC[NH+]1C[C@@H](C)O[C@@H](C)C1. The first-order chi connectivity index (χ1) is 11.1. The number of hydrogen-bond donors (Lipinski definition) is 1. The van der Waals surface area contributed by atoms with E-state index in [1.807, 2.05) is 31.2 Å². The van der Waals surface area contributed by atoms with E-state index in [1.54, 1.807) is 4.90 Å². The third-order valence-corrected chi connectivity index (χ3v) is 4.31. The predicted octanol–water partition coefficient (Wildman–Crippen LogP) is 2.13. The molecule has 2 rings (SSSR count). The molecule has 0 amide bonds. The molecule has 128 valence electrons. The molecule has 3 atom stereocenters. The molecule has 0 radical (unpaired) electrons. The third kappa shape index (κ3) is 5.63. The van der Waals surface area contributed by atoms with Gasteiger partial charge < -0.3 is 14.4 Å². The molecule has 0 aromatic heterocycles. The summed E-state index contributed by atoms with van der Waals surface area (Å²) in [6.45, 7) is 10.2. The standard InChI is InChI=1S/C19H29NO3/c1-4-18(21)17-9-5-6-10-19(17)22-12-8-7-11-20-13-15(2)23-16(3)14-20/h5-6,9-10,15-16H,4,7-8,11-14H2,1-3H3/p+1/t15-,16+. The normalized spacial score (nSPS) is 24.4. The summed E-state index contributed by atoms with van der Waals surface area (Å²) in [5.41, 5.74) is 0.705. The van der Waals surface area contributed by atoms with Crippen LogP contribution in [0.1, 0.15) is 50.4 Å². The number of hydrogen-bond acceptors (Lipinski definition) is 3. The lowest BCUT2D eigenvalue weighted by Crippen LogP contribution is -3.15. The lowest BCUT2D eigenvalue weighted by Gasteiger charge is -2.32. The van der Waals surface area contributed by atoms with Crippen molar-refractivity contribution in [3.05, 3.63) is 29.8 Å². The van der Waals surface area contributed by atoms with Gasteiger partial charge in [0.15, 0.2) is 5.78 Å². The molecule has 1 aromatic rings. The van der Waals surface area contributed by atoms with Gasteiger partial charge in [-0.15, -0.1) is 0 Å². The highest BCUT2D eigenvalue weighted by Gasteiger charge is 2.24. The molecule has 0 aliphatic carbocycles. The number of benzene rings is 1. The van der Waals surface area contributed by atoms with Crippen LogP contribution in [0.4, 0.5) is 0 Å². The molecule has 0 bridgehead atoms. The van der Waals surface area contributed by atoms with Gasteiger partial charge in [-0.2, -0.15) is 0 Å². The molecule has 4 nitrogen and oxygen atoms in total. The molecule has 1 aliphatic rings. The molecular weight excluding hydrogens is 290 g/mol. The van der Waals surface area contributed by atoms with Crippen molar-refractivity contribution in [2.45, 2.75) is 52.2 Å². The molecule has 1 aliphatic heterocycles. The number of ketones is 1. The average Bonchev–Trinajstić information content (AvgIpc) is 2.53. The van der Waals surface area contributed by atoms with Crippen LogP contribution in [0.15, 0.2) is 24.3 Å². The van der Waals surface area contributed by atoms with Crippen LogP contribution in [-0.2, 0) is 4.74 Å². The van der Waals surface area contributed by atoms with Crippen molar-refractivity contribution in [2.24, 2.45) is 0 Å². The zero-order valence-electron chi connectivity index (χ0n) is 14.6. The Labute approximate surface area is 139 Å². The highest BCUT2D eigenvalue weighted by atomic mass is 16.5. The summed E-state index contributed by atoms with van der Waals surface area (Å²) >= 11 is 0. The number of ether oxygens (including phenoxy) is 2. The van der Waals surface area contributed by atoms with Gasteiger partial charge >= 0.3 is 0 Å². The van der Waals surface area contributed by atoms with Gasteiger partial charge in [0.1, 0.15) is 31.0 Å². The first-order valence-corrected chi connectivity index (χ1v) is 8.84. The summed E-state index contributed by atoms with van der Waals surface area (Å²) in [4.78, 5) is 13.5. The van der Waals surface area contributed by atoms with Gasteiger partial charge in [0.2, 0.25) is 0 Å². The zero-order valence-corrected chi connectivity index (χ0v) is 14.6. The van der Waals surface area contributed by atoms with Crippen molar-refractivity contribution < 1.29 is 19.2 Å². The van der Waals surface area contributed by atoms with E-state index in [2.05, 4.69) is 13.8 Å². The van der Waals surface area contributed by atoms with Crippen molar-refractivity contribution in [3.8, 4) is 5.75 Å². The summed E-state index contributed by atoms with van der Waals surface area (Å²) in [5.74, 6) is 0.863. The number of Topliss-reactive ketones (excluding diaryl/α,β-unsaturated/α-hetero) is 1. The van der Waals surface area contributed by atoms with Crippen molar-refractivity contribution in [1.82, 2.24) is 0 Å². The lowest BCUT2D eigenvalue weighted by molar-refractivity contribution is -0.915. The van der Waals surface area contributed by atoms with Crippen LogP contribution in [0.3, 0.4) is 0 Å². The molecule has 4 heteroatoms. The maximum Gasteiger partial charge on any atom is 0.166 e. The Morgan fingerprint density at radius 3 is 2.61 bits per heavy atom. The zero-order chi connectivity index (χ0) is 16.7. The van der Waals surface area contributed by atoms with E-state index in [0.717, 1.165) is 38.2 Å². The van der Waals surface area contributed by atoms with E-state index in [0.29, 0.717) is 30.8 Å². The van der Waals surface area contributed by atoms with Crippen molar-refractivity contribution in [1.29, 1.82) is 0 Å². The van der Waals surface area contributed by atoms with Crippen molar-refractivity contribution in [2.75, 3.05) is 26.2 Å². The van der Waals surface area contributed by atoms with Crippen molar-refractivity contribution >= 4 is 5.78 Å². The van der Waals surface area contributed by atoms with Crippen LogP contribution < -0.4 is 9.64 Å². The fraction of sp³-hybridized carbons (Fsp3) is 0.632. The topological polar surface area (TPSA) is 40.0 Å². The molecule has 1 saturated heterocycles. The minimum Gasteiger partial charge on any atom is -0.493 e. The molecule has 0 saturated carbocycles. The minimum atomic E-state index is 0.140. The van der Waals surface area contributed by atoms with Crippen LogP contribution >= 0.6 is 0 Å². The third-order valence-electron chi connectivity index (χ3n) is 4.31. The van der Waals surface area contributed by atoms with E-state index in [4.69, 9.17) is 9.47 Å². The summed E-state index contributed by atoms with van der Waals surface area (Å²) in [6, 6.07) is 7.55. The molecule has 1 heterocycles. The number of unbranched alkanes of at least 4 members (excludes halogenated alkanes) is 1. The quantitative estimate of drug-likeness (QED) is 0.589. The molecule has 23 heavy (non-hydrogen) atoms. The Hall–Kier alpha value is -1.39. The first kappa shape index (κ1) is 18.0. The van der Waals surface area contributed by atoms with Crippen LogP contribution in [0.25, 0.3) is 0 Å². The highest BCUT2D eigenvalue weighted by Crippen LogP contribution is 2.19. The Bertz CT molecular complexity index is 493. The number of morpholine rings is 1. The molecule has 1 N–H and O–H groups in total. The Kier molecular flexibility index (Phi) is 7.06. The second-order valence-corrected chi connectivity index (χ2v) is 6.49. The van der Waals surface area contributed by atoms with Gasteiger partial charge in [-0.3, -0.25) is 4.79 Å². The summed E-state index contributed by atoms with van der Waals surface area (Å²) in [6.07, 6.45) is 3.38. The summed E-state index contributed by atoms with van der Waals surface area (Å²) in [7, 11) is 0. The molecule has 1 aromatic carbocycles. The number of carbonyl (C=O) groups is 1.